The zero-order chi connectivity index (χ0) is 46.4. The Morgan fingerprint density at radius 1 is 0.485 bits per heavy atom. The Morgan fingerprint density at radius 3 is 1.82 bits per heavy atom. The maximum atomic E-state index is 5.15. The molecule has 0 saturated heterocycles. The molecule has 1 aliphatic heterocycles. The van der Waals surface area contributed by atoms with E-state index in [0.717, 1.165) is 30.1 Å². The Bertz CT molecular complexity index is 3500. The summed E-state index contributed by atoms with van der Waals surface area (Å²) in [4.78, 5) is 10.2. The van der Waals surface area contributed by atoms with Gasteiger partial charge < -0.3 is 9.80 Å². The van der Waals surface area contributed by atoms with E-state index >= 15 is 0 Å². The van der Waals surface area contributed by atoms with E-state index in [1.54, 1.807) is 0 Å². The van der Waals surface area contributed by atoms with Crippen LogP contribution >= 0.6 is 0 Å². The number of anilines is 3. The molecule has 0 fully saturated rings. The molecule has 0 unspecified atom stereocenters. The van der Waals surface area contributed by atoms with Crippen molar-refractivity contribution in [2.45, 2.75) is 64.3 Å². The number of rotatable bonds is 7. The molecular formula is C64H56N4. The fraction of sp³-hybridized carbons (Fsp3) is 0.172. The van der Waals surface area contributed by atoms with Gasteiger partial charge >= 0.3 is 0 Å². The average Bonchev–Trinajstić information content (AvgIpc) is 4.00. The molecule has 4 nitrogen and oxygen atoms in total. The lowest BCUT2D eigenvalue weighted by Gasteiger charge is -2.35. The van der Waals surface area contributed by atoms with Crippen molar-refractivity contribution >= 4 is 38.9 Å². The van der Waals surface area contributed by atoms with Crippen LogP contribution in [0.5, 0.6) is 0 Å². The largest absolute Gasteiger partial charge is 0.347 e. The van der Waals surface area contributed by atoms with Gasteiger partial charge in [-0.25, -0.2) is 4.98 Å². The van der Waals surface area contributed by atoms with E-state index in [4.69, 9.17) is 4.98 Å². The van der Waals surface area contributed by atoms with E-state index in [1.807, 2.05) is 6.20 Å². The van der Waals surface area contributed by atoms with Crippen molar-refractivity contribution in [1.82, 2.24) is 9.55 Å². The van der Waals surface area contributed by atoms with Crippen LogP contribution in [0, 0.1) is 0 Å². The lowest BCUT2D eigenvalue weighted by atomic mass is 9.67. The monoisotopic (exact) mass is 880 g/mol. The minimum atomic E-state index is -0.678. The first-order valence-corrected chi connectivity index (χ1v) is 24.1. The molecule has 10 aromatic rings. The summed E-state index contributed by atoms with van der Waals surface area (Å²) in [6, 6.07) is 75.1. The van der Waals surface area contributed by atoms with Crippen LogP contribution in [0.2, 0.25) is 0 Å². The first-order chi connectivity index (χ1) is 33.0. The molecule has 0 N–H and O–H groups in total. The zero-order valence-electron chi connectivity index (χ0n) is 39.8. The van der Waals surface area contributed by atoms with Crippen LogP contribution in [0.4, 0.5) is 17.1 Å². The summed E-state index contributed by atoms with van der Waals surface area (Å²) >= 11 is 0. The van der Waals surface area contributed by atoms with Crippen LogP contribution in [0.25, 0.3) is 49.9 Å². The molecule has 2 aliphatic rings. The van der Waals surface area contributed by atoms with Gasteiger partial charge in [0, 0.05) is 29.2 Å². The Labute approximate surface area is 400 Å². The fourth-order valence-corrected chi connectivity index (χ4v) is 11.2. The summed E-state index contributed by atoms with van der Waals surface area (Å²) < 4.78 is 2.42. The summed E-state index contributed by atoms with van der Waals surface area (Å²) in [5.74, 6) is 0.931. The van der Waals surface area contributed by atoms with Crippen molar-refractivity contribution in [1.29, 1.82) is 0 Å². The number of para-hydroxylation sites is 2. The third-order valence-electron chi connectivity index (χ3n) is 14.7. The molecule has 0 spiro atoms. The van der Waals surface area contributed by atoms with Gasteiger partial charge in [-0.2, -0.15) is 0 Å². The molecular weight excluding hydrogens is 825 g/mol. The maximum Gasteiger partial charge on any atom is 0.137 e. The minimum absolute atomic E-state index is 0.00973. The smallest absolute Gasteiger partial charge is 0.137 e. The number of benzene rings is 8. The van der Waals surface area contributed by atoms with Crippen LogP contribution in [0.15, 0.2) is 206 Å². The van der Waals surface area contributed by atoms with Gasteiger partial charge in [0.1, 0.15) is 5.82 Å². The van der Waals surface area contributed by atoms with Gasteiger partial charge in [0.2, 0.25) is 0 Å². The highest BCUT2D eigenvalue weighted by molar-refractivity contribution is 6.10. The lowest BCUT2D eigenvalue weighted by Crippen LogP contribution is -2.30. The summed E-state index contributed by atoms with van der Waals surface area (Å²) in [6.07, 6.45) is 1.99. The molecule has 12 rings (SSSR count). The third kappa shape index (κ3) is 6.68. The SMILES string of the molecule is CC(C)(C)c1ccnc(-n2c3ccc(C(C)(C)C)cc3c3ccc(C4(c5cc(-c6ccccc6)cc(N6CN(Cc7ccccc7)c7ccccc76)c5)c5ccccc5-c5ccccc54)cc32)c1. The van der Waals surface area contributed by atoms with Gasteiger partial charge in [-0.1, -0.05) is 181 Å². The van der Waals surface area contributed by atoms with Crippen LogP contribution in [-0.4, -0.2) is 16.2 Å². The van der Waals surface area contributed by atoms with Crippen molar-refractivity contribution < 1.29 is 0 Å². The molecule has 0 radical (unpaired) electrons. The first kappa shape index (κ1) is 41.7. The number of pyridine rings is 1. The molecule has 2 aromatic heterocycles. The van der Waals surface area contributed by atoms with Crippen molar-refractivity contribution in [3.05, 3.63) is 245 Å². The second-order valence-electron chi connectivity index (χ2n) is 20.9. The van der Waals surface area contributed by atoms with Crippen molar-refractivity contribution in [3.63, 3.8) is 0 Å². The van der Waals surface area contributed by atoms with E-state index < -0.39 is 5.41 Å². The Balaban J connectivity index is 1.15. The standard InChI is InChI=1S/C64H56N4/c1-62(2,3)46-30-32-57-54(38-46)53-31-29-48(39-60(53)68(57)61-40-47(33-34-65-61)63(4,5)6)64(55-25-15-13-23-51(55)52-24-14-16-26-56(52)64)49-35-45(44-21-11-8-12-22-44)36-50(37-49)67-42-66(41-43-19-9-7-10-20-43)58-27-17-18-28-59(58)67/h7-40H,41-42H2,1-6H3. The molecule has 332 valence electrons. The van der Waals surface area contributed by atoms with Gasteiger partial charge in [-0.15, -0.1) is 0 Å². The van der Waals surface area contributed by atoms with Crippen LogP contribution < -0.4 is 9.80 Å². The molecule has 0 amide bonds. The summed E-state index contributed by atoms with van der Waals surface area (Å²) in [7, 11) is 0. The van der Waals surface area contributed by atoms with E-state index in [9.17, 15) is 0 Å². The van der Waals surface area contributed by atoms with Gasteiger partial charge in [0.05, 0.1) is 34.5 Å². The minimum Gasteiger partial charge on any atom is -0.347 e. The molecule has 0 bridgehead atoms. The summed E-state index contributed by atoms with van der Waals surface area (Å²) in [5.41, 5.74) is 19.0. The fourth-order valence-electron chi connectivity index (χ4n) is 11.2. The number of nitrogens with zero attached hydrogens (tertiary/aromatic N) is 4. The van der Waals surface area contributed by atoms with Crippen molar-refractivity contribution in [2.24, 2.45) is 0 Å². The van der Waals surface area contributed by atoms with Crippen molar-refractivity contribution in [2.75, 3.05) is 16.5 Å². The predicted octanol–water partition coefficient (Wildman–Crippen LogP) is 15.9. The highest BCUT2D eigenvalue weighted by atomic mass is 15.4. The summed E-state index contributed by atoms with van der Waals surface area (Å²) in [6.45, 7) is 15.3. The molecule has 8 aromatic carbocycles. The Kier molecular flexibility index (Phi) is 9.64. The van der Waals surface area contributed by atoms with E-state index in [0.29, 0.717) is 0 Å². The van der Waals surface area contributed by atoms with Gasteiger partial charge in [0.25, 0.3) is 0 Å². The lowest BCUT2D eigenvalue weighted by molar-refractivity contribution is 0.588. The van der Waals surface area contributed by atoms with Crippen LogP contribution in [-0.2, 0) is 22.8 Å². The summed E-state index contributed by atoms with van der Waals surface area (Å²) in [5, 5.41) is 2.46. The molecule has 1 aliphatic carbocycles. The number of hydrogen-bond donors (Lipinski definition) is 0. The van der Waals surface area contributed by atoms with Gasteiger partial charge in [0.15, 0.2) is 0 Å². The van der Waals surface area contributed by atoms with Crippen LogP contribution in [0.3, 0.4) is 0 Å². The van der Waals surface area contributed by atoms with E-state index in [1.165, 1.54) is 89.0 Å². The Hall–Kier alpha value is -7.69. The van der Waals surface area contributed by atoms with Gasteiger partial charge in [-0.3, -0.25) is 4.57 Å². The molecule has 0 atom stereocenters. The molecule has 68 heavy (non-hydrogen) atoms. The number of aromatic nitrogens is 2. The highest BCUT2D eigenvalue weighted by Gasteiger charge is 2.47. The second kappa shape index (κ2) is 15.7. The third-order valence-corrected chi connectivity index (χ3v) is 14.7. The Morgan fingerprint density at radius 2 is 1.12 bits per heavy atom. The quantitative estimate of drug-likeness (QED) is 0.159. The zero-order valence-corrected chi connectivity index (χ0v) is 39.8. The molecule has 4 heteroatoms. The van der Waals surface area contributed by atoms with Crippen LogP contribution in [0.1, 0.15) is 80.5 Å². The number of hydrogen-bond acceptors (Lipinski definition) is 3. The van der Waals surface area contributed by atoms with Crippen molar-refractivity contribution in [3.8, 4) is 28.1 Å². The topological polar surface area (TPSA) is 24.3 Å². The normalized spacial score (nSPS) is 14.1. The van der Waals surface area contributed by atoms with Gasteiger partial charge in [-0.05, 0) is 133 Å². The van der Waals surface area contributed by atoms with E-state index in [2.05, 4.69) is 256 Å². The highest BCUT2D eigenvalue weighted by Crippen LogP contribution is 2.58. The average molecular weight is 881 g/mol. The molecule has 0 saturated carbocycles. The number of fused-ring (bicyclic) bond motifs is 7. The predicted molar refractivity (Wildman–Crippen MR) is 285 cm³/mol. The molecule has 3 heterocycles. The maximum absolute atomic E-state index is 5.15. The van der Waals surface area contributed by atoms with E-state index in [-0.39, 0.29) is 10.8 Å². The second-order valence-corrected chi connectivity index (χ2v) is 20.9. The first-order valence-electron chi connectivity index (χ1n) is 24.1.